The van der Waals surface area contributed by atoms with Crippen LogP contribution in [0.1, 0.15) is 33.1 Å². The normalized spacial score (nSPS) is 33.2. The number of thioether (sulfide) groups is 1. The Morgan fingerprint density at radius 3 is 2.82 bits per heavy atom. The van der Waals surface area contributed by atoms with Gasteiger partial charge in [-0.2, -0.15) is 0 Å². The summed E-state index contributed by atoms with van der Waals surface area (Å²) in [5, 5.41) is 35.5. The molecule has 158 valence electrons. The van der Waals surface area contributed by atoms with Crippen molar-refractivity contribution in [1.29, 1.82) is 0 Å². The zero-order valence-electron chi connectivity index (χ0n) is 16.4. The van der Waals surface area contributed by atoms with E-state index in [9.17, 15) is 19.8 Å². The summed E-state index contributed by atoms with van der Waals surface area (Å²) in [5.74, 6) is -1.93. The van der Waals surface area contributed by atoms with Gasteiger partial charge >= 0.3 is 5.97 Å². The summed E-state index contributed by atoms with van der Waals surface area (Å²) in [5.41, 5.74) is 0.110. The van der Waals surface area contributed by atoms with Crippen LogP contribution in [-0.4, -0.2) is 81.8 Å². The highest BCUT2D eigenvalue weighted by atomic mass is 32.2. The molecule has 0 aromatic rings. The second-order valence-corrected chi connectivity index (χ2v) is 9.31. The van der Waals surface area contributed by atoms with Gasteiger partial charge in [-0.25, -0.2) is 4.79 Å². The largest absolute Gasteiger partial charge is 0.477 e. The van der Waals surface area contributed by atoms with Crippen LogP contribution in [0.2, 0.25) is 0 Å². The number of fused-ring (bicyclic) bond motifs is 1. The molecule has 0 unspecified atom stereocenters. The zero-order chi connectivity index (χ0) is 20.4. The van der Waals surface area contributed by atoms with Gasteiger partial charge in [0.1, 0.15) is 5.70 Å². The summed E-state index contributed by atoms with van der Waals surface area (Å²) < 4.78 is 0. The molecule has 5 N–H and O–H groups in total. The van der Waals surface area contributed by atoms with E-state index in [1.807, 2.05) is 6.92 Å². The molecular weight excluding hydrogens is 382 g/mol. The monoisotopic (exact) mass is 413 g/mol. The van der Waals surface area contributed by atoms with Crippen LogP contribution < -0.4 is 10.6 Å². The maximum Gasteiger partial charge on any atom is 0.353 e. The average Bonchev–Trinajstić information content (AvgIpc) is 3.17. The van der Waals surface area contributed by atoms with Crippen molar-refractivity contribution in [1.82, 2.24) is 15.5 Å². The van der Waals surface area contributed by atoms with Crippen molar-refractivity contribution in [3.8, 4) is 0 Å². The number of hydrogen-bond acceptors (Lipinski definition) is 7. The summed E-state index contributed by atoms with van der Waals surface area (Å²) in [6.07, 6.45) is 1.92. The molecule has 1 amide bonds. The van der Waals surface area contributed by atoms with Crippen molar-refractivity contribution in [2.24, 2.45) is 11.8 Å². The highest BCUT2D eigenvalue weighted by Gasteiger charge is 2.60. The molecule has 3 heterocycles. The third-order valence-corrected chi connectivity index (χ3v) is 7.48. The number of aliphatic hydroxyl groups is 2. The zero-order valence-corrected chi connectivity index (χ0v) is 17.2. The van der Waals surface area contributed by atoms with E-state index in [1.165, 1.54) is 4.90 Å². The molecule has 0 spiro atoms. The van der Waals surface area contributed by atoms with Crippen LogP contribution in [0.15, 0.2) is 10.6 Å². The Bertz CT molecular complexity index is 641. The average molecular weight is 414 g/mol. The minimum absolute atomic E-state index is 0.0763. The fraction of sp³-hybridized carbons (Fsp3) is 0.789. The topological polar surface area (TPSA) is 122 Å². The molecule has 0 aliphatic carbocycles. The Morgan fingerprint density at radius 2 is 2.18 bits per heavy atom. The molecule has 3 rings (SSSR count). The van der Waals surface area contributed by atoms with Crippen molar-refractivity contribution in [3.05, 3.63) is 10.6 Å². The van der Waals surface area contributed by atoms with E-state index in [-0.39, 0.29) is 35.4 Å². The predicted octanol–water partition coefficient (Wildman–Crippen LogP) is -0.0341. The first-order valence-electron chi connectivity index (χ1n) is 10.1. The molecule has 2 saturated heterocycles. The molecule has 3 aliphatic heterocycles. The molecular formula is C19H31N3O5S. The fourth-order valence-corrected chi connectivity index (χ4v) is 6.07. The van der Waals surface area contributed by atoms with E-state index in [0.717, 1.165) is 43.8 Å². The van der Waals surface area contributed by atoms with Gasteiger partial charge in [0.25, 0.3) is 0 Å². The van der Waals surface area contributed by atoms with E-state index >= 15 is 0 Å². The smallest absolute Gasteiger partial charge is 0.353 e. The number of hydrogen-bond donors (Lipinski definition) is 5. The van der Waals surface area contributed by atoms with Crippen molar-refractivity contribution < 1.29 is 24.9 Å². The molecule has 9 heteroatoms. The highest BCUT2D eigenvalue weighted by Crippen LogP contribution is 2.51. The van der Waals surface area contributed by atoms with Gasteiger partial charge in [0.2, 0.25) is 5.91 Å². The third-order valence-electron chi connectivity index (χ3n) is 5.97. The van der Waals surface area contributed by atoms with Crippen molar-refractivity contribution >= 4 is 23.6 Å². The summed E-state index contributed by atoms with van der Waals surface area (Å²) in [6, 6.07) is 0.135. The van der Waals surface area contributed by atoms with Gasteiger partial charge in [-0.3, -0.25) is 4.79 Å². The van der Waals surface area contributed by atoms with Crippen LogP contribution >= 0.6 is 11.8 Å². The van der Waals surface area contributed by atoms with Crippen LogP contribution in [0.5, 0.6) is 0 Å². The number of aliphatic carboxylic acids is 1. The molecule has 0 saturated carbocycles. The Hall–Kier alpha value is -1.13. The van der Waals surface area contributed by atoms with Crippen molar-refractivity contribution in [2.75, 3.05) is 26.2 Å². The summed E-state index contributed by atoms with van der Waals surface area (Å²) in [6.45, 7) is 6.26. The van der Waals surface area contributed by atoms with Crippen LogP contribution in [0.3, 0.4) is 0 Å². The number of carboxylic acid groups (broad SMARTS) is 1. The summed E-state index contributed by atoms with van der Waals surface area (Å²) >= 11 is 1.58. The Morgan fingerprint density at radius 1 is 1.43 bits per heavy atom. The SMILES string of the molecule is C[C@@H](O)[C@H]1C(=O)N2C(C(=O)O)=C(S[C@@H]3CN[C@@H](CCNCCCO)C3)[C@H](C)[C@H]12. The number of aliphatic hydroxyl groups excluding tert-OH is 2. The molecule has 0 aromatic carbocycles. The molecule has 8 nitrogen and oxygen atoms in total. The molecule has 6 atom stereocenters. The quantitative estimate of drug-likeness (QED) is 0.250. The second kappa shape index (κ2) is 9.13. The highest BCUT2D eigenvalue weighted by molar-refractivity contribution is 8.03. The first-order valence-corrected chi connectivity index (χ1v) is 10.9. The molecule has 0 radical (unpaired) electrons. The van der Waals surface area contributed by atoms with Gasteiger partial charge in [-0.05, 0) is 39.3 Å². The summed E-state index contributed by atoms with van der Waals surface area (Å²) in [7, 11) is 0. The van der Waals surface area contributed by atoms with Crippen LogP contribution in [0, 0.1) is 11.8 Å². The third kappa shape index (κ3) is 4.09. The predicted molar refractivity (Wildman–Crippen MR) is 107 cm³/mol. The lowest BCUT2D eigenvalue weighted by Gasteiger charge is -2.46. The van der Waals surface area contributed by atoms with Crippen LogP contribution in [-0.2, 0) is 9.59 Å². The Kier molecular flexibility index (Phi) is 7.03. The standard InChI is InChI=1S/C19H31N3O5S/c1-10-15-14(11(2)24)18(25)22(15)16(19(26)27)17(10)28-13-8-12(21-9-13)4-6-20-5-3-7-23/h10-15,20-21,23-24H,3-9H2,1-2H3,(H,26,27)/t10-,11-,12+,13+,14-,15-/m1/s1. The van der Waals surface area contributed by atoms with E-state index in [1.54, 1.807) is 18.7 Å². The number of carbonyl (C=O) groups excluding carboxylic acids is 1. The summed E-state index contributed by atoms with van der Waals surface area (Å²) in [4.78, 5) is 26.4. The van der Waals surface area contributed by atoms with Gasteiger partial charge < -0.3 is 30.9 Å². The number of amides is 1. The lowest BCUT2D eigenvalue weighted by atomic mass is 9.79. The molecule has 28 heavy (non-hydrogen) atoms. The number of β-lactam (4-membered cyclic amide) rings is 1. The Balaban J connectivity index is 1.59. The lowest BCUT2D eigenvalue weighted by molar-refractivity contribution is -0.163. The molecule has 0 aromatic heterocycles. The van der Waals surface area contributed by atoms with Crippen LogP contribution in [0.25, 0.3) is 0 Å². The van der Waals surface area contributed by atoms with Crippen molar-refractivity contribution in [3.63, 3.8) is 0 Å². The van der Waals surface area contributed by atoms with Crippen molar-refractivity contribution in [2.45, 2.75) is 56.5 Å². The number of nitrogens with one attached hydrogen (secondary N) is 2. The van der Waals surface area contributed by atoms with Gasteiger partial charge in [0.15, 0.2) is 0 Å². The lowest BCUT2D eigenvalue weighted by Crippen LogP contribution is -2.63. The van der Waals surface area contributed by atoms with E-state index in [4.69, 9.17) is 5.11 Å². The number of carbonyl (C=O) groups is 2. The second-order valence-electron chi connectivity index (χ2n) is 7.97. The van der Waals surface area contributed by atoms with E-state index in [0.29, 0.717) is 6.04 Å². The van der Waals surface area contributed by atoms with Gasteiger partial charge in [0.05, 0.1) is 18.1 Å². The maximum absolute atomic E-state index is 12.4. The number of carboxylic acids is 1. The van der Waals surface area contributed by atoms with E-state index < -0.39 is 18.0 Å². The first kappa shape index (κ1) is 21.6. The fourth-order valence-electron chi connectivity index (χ4n) is 4.56. The van der Waals surface area contributed by atoms with Gasteiger partial charge in [0, 0.05) is 35.3 Å². The van der Waals surface area contributed by atoms with E-state index in [2.05, 4.69) is 10.6 Å². The minimum atomic E-state index is -1.06. The maximum atomic E-state index is 12.4. The Labute approximate surface area is 169 Å². The number of nitrogens with zero attached hydrogens (tertiary/aromatic N) is 1. The van der Waals surface area contributed by atoms with Crippen LogP contribution in [0.4, 0.5) is 0 Å². The number of rotatable bonds is 10. The molecule has 2 fully saturated rings. The van der Waals surface area contributed by atoms with Gasteiger partial charge in [-0.1, -0.05) is 6.92 Å². The first-order chi connectivity index (χ1) is 13.4. The minimum Gasteiger partial charge on any atom is -0.477 e. The molecule has 3 aliphatic rings. The molecule has 0 bridgehead atoms. The van der Waals surface area contributed by atoms with Gasteiger partial charge in [-0.15, -0.1) is 11.8 Å².